The number of likely N-dealkylation sites (tertiary alicyclic amines) is 1. The Balaban J connectivity index is 2.15. The lowest BCUT2D eigenvalue weighted by Crippen LogP contribution is -2.59. The second-order valence-corrected chi connectivity index (χ2v) is 6.01. The molecular formula is C15H23F2N3. The molecule has 0 amide bonds. The molecule has 0 saturated carbocycles. The fourth-order valence-electron chi connectivity index (χ4n) is 2.93. The first kappa shape index (κ1) is 15.4. The average molecular weight is 283 g/mol. The summed E-state index contributed by atoms with van der Waals surface area (Å²) in [6.45, 7) is 6.31. The summed E-state index contributed by atoms with van der Waals surface area (Å²) >= 11 is 0. The van der Waals surface area contributed by atoms with Gasteiger partial charge in [-0.2, -0.15) is 0 Å². The van der Waals surface area contributed by atoms with Crippen LogP contribution in [0.3, 0.4) is 0 Å². The summed E-state index contributed by atoms with van der Waals surface area (Å²) in [6, 6.07) is 3.61. The molecule has 0 aliphatic carbocycles. The topological polar surface area (TPSA) is 41.3 Å². The van der Waals surface area contributed by atoms with Crippen molar-refractivity contribution in [1.29, 1.82) is 0 Å². The Kier molecular flexibility index (Phi) is 4.73. The highest BCUT2D eigenvalue weighted by molar-refractivity contribution is 5.20. The summed E-state index contributed by atoms with van der Waals surface area (Å²) in [5, 5.41) is 0. The van der Waals surface area contributed by atoms with Crippen LogP contribution in [0.25, 0.3) is 0 Å². The van der Waals surface area contributed by atoms with E-state index in [1.54, 1.807) is 0 Å². The van der Waals surface area contributed by atoms with Gasteiger partial charge in [0.2, 0.25) is 0 Å². The fraction of sp³-hybridized carbons (Fsp3) is 0.600. The number of hydrogen-bond donors (Lipinski definition) is 2. The summed E-state index contributed by atoms with van der Waals surface area (Å²) in [7, 11) is 0. The number of nitrogens with two attached hydrogens (primary N) is 1. The molecule has 0 bridgehead atoms. The van der Waals surface area contributed by atoms with Crippen molar-refractivity contribution in [2.24, 2.45) is 5.84 Å². The highest BCUT2D eigenvalue weighted by Crippen LogP contribution is 2.26. The van der Waals surface area contributed by atoms with Crippen molar-refractivity contribution in [2.75, 3.05) is 13.1 Å². The lowest BCUT2D eigenvalue weighted by atomic mass is 9.88. The monoisotopic (exact) mass is 283 g/mol. The molecule has 1 unspecified atom stereocenters. The van der Waals surface area contributed by atoms with Gasteiger partial charge in [-0.15, -0.1) is 0 Å². The zero-order valence-corrected chi connectivity index (χ0v) is 12.1. The predicted molar refractivity (Wildman–Crippen MR) is 76.1 cm³/mol. The Morgan fingerprint density at radius 3 is 2.50 bits per heavy atom. The molecule has 0 aromatic heterocycles. The zero-order chi connectivity index (χ0) is 14.8. The summed E-state index contributed by atoms with van der Waals surface area (Å²) in [6.07, 6.45) is 2.81. The lowest BCUT2D eigenvalue weighted by Gasteiger charge is -2.42. The minimum Gasteiger partial charge on any atom is -0.297 e. The molecular weight excluding hydrogens is 260 g/mol. The molecule has 0 radical (unpaired) electrons. The van der Waals surface area contributed by atoms with E-state index in [4.69, 9.17) is 5.84 Å². The number of halogens is 2. The van der Waals surface area contributed by atoms with E-state index in [1.165, 1.54) is 25.0 Å². The highest BCUT2D eigenvalue weighted by Gasteiger charge is 2.36. The molecule has 5 heteroatoms. The van der Waals surface area contributed by atoms with Crippen LogP contribution < -0.4 is 11.3 Å². The van der Waals surface area contributed by atoms with Crippen molar-refractivity contribution in [2.45, 2.75) is 44.7 Å². The van der Waals surface area contributed by atoms with E-state index >= 15 is 0 Å². The molecule has 1 aromatic rings. The van der Waals surface area contributed by atoms with Gasteiger partial charge in [-0.25, -0.2) is 8.78 Å². The Morgan fingerprint density at radius 2 is 1.95 bits per heavy atom. The maximum Gasteiger partial charge on any atom is 0.129 e. The molecule has 0 spiro atoms. The van der Waals surface area contributed by atoms with E-state index < -0.39 is 11.6 Å². The van der Waals surface area contributed by atoms with E-state index in [-0.39, 0.29) is 11.6 Å². The number of hydrazine groups is 1. The van der Waals surface area contributed by atoms with Gasteiger partial charge < -0.3 is 0 Å². The number of hydrogen-bond acceptors (Lipinski definition) is 3. The molecule has 2 rings (SSSR count). The number of benzene rings is 1. The van der Waals surface area contributed by atoms with Crippen LogP contribution in [0.1, 0.15) is 32.3 Å². The highest BCUT2D eigenvalue weighted by atomic mass is 19.1. The number of nitrogens with one attached hydrogen (secondary N) is 1. The zero-order valence-electron chi connectivity index (χ0n) is 12.1. The first-order valence-corrected chi connectivity index (χ1v) is 7.10. The van der Waals surface area contributed by atoms with Crippen molar-refractivity contribution in [3.05, 3.63) is 35.4 Å². The van der Waals surface area contributed by atoms with Crippen molar-refractivity contribution in [1.82, 2.24) is 10.3 Å². The van der Waals surface area contributed by atoms with Crippen LogP contribution in [-0.2, 0) is 6.42 Å². The largest absolute Gasteiger partial charge is 0.297 e. The van der Waals surface area contributed by atoms with E-state index in [1.807, 2.05) is 0 Å². The van der Waals surface area contributed by atoms with Crippen LogP contribution in [0.4, 0.5) is 8.78 Å². The van der Waals surface area contributed by atoms with E-state index in [0.29, 0.717) is 12.0 Å². The van der Waals surface area contributed by atoms with Crippen LogP contribution in [0.5, 0.6) is 0 Å². The molecule has 20 heavy (non-hydrogen) atoms. The van der Waals surface area contributed by atoms with Crippen molar-refractivity contribution < 1.29 is 8.78 Å². The van der Waals surface area contributed by atoms with Gasteiger partial charge in [0.25, 0.3) is 0 Å². The molecule has 1 atom stereocenters. The summed E-state index contributed by atoms with van der Waals surface area (Å²) in [4.78, 5) is 2.37. The summed E-state index contributed by atoms with van der Waals surface area (Å²) in [5.41, 5.74) is 3.12. The van der Waals surface area contributed by atoms with Gasteiger partial charge in [0, 0.05) is 17.6 Å². The van der Waals surface area contributed by atoms with Gasteiger partial charge in [0.1, 0.15) is 11.6 Å². The van der Waals surface area contributed by atoms with Gasteiger partial charge in [-0.3, -0.25) is 16.2 Å². The lowest BCUT2D eigenvalue weighted by molar-refractivity contribution is 0.106. The Hall–Kier alpha value is -1.04. The Labute approximate surface area is 119 Å². The second kappa shape index (κ2) is 6.16. The first-order valence-electron chi connectivity index (χ1n) is 7.10. The van der Waals surface area contributed by atoms with Crippen LogP contribution in [-0.4, -0.2) is 29.6 Å². The molecule has 1 aliphatic heterocycles. The molecule has 1 aromatic carbocycles. The maximum absolute atomic E-state index is 13.8. The molecule has 1 aliphatic rings. The molecule has 1 fully saturated rings. The van der Waals surface area contributed by atoms with Gasteiger partial charge >= 0.3 is 0 Å². The van der Waals surface area contributed by atoms with E-state index in [9.17, 15) is 8.78 Å². The summed E-state index contributed by atoms with van der Waals surface area (Å²) < 4.78 is 26.7. The standard InChI is InChI=1S/C15H23F2N3/c1-15(2,20-7-3-4-8-20)14(19-18)9-11-5-6-12(16)10-13(11)17/h5-6,10,14,19H,3-4,7-9,18H2,1-2H3. The smallest absolute Gasteiger partial charge is 0.129 e. The van der Waals surface area contributed by atoms with Crippen LogP contribution in [0.2, 0.25) is 0 Å². The van der Waals surface area contributed by atoms with Crippen molar-refractivity contribution in [3.8, 4) is 0 Å². The molecule has 1 heterocycles. The average Bonchev–Trinajstić information content (AvgIpc) is 2.92. The van der Waals surface area contributed by atoms with Gasteiger partial charge in [0.05, 0.1) is 0 Å². The van der Waals surface area contributed by atoms with E-state index in [2.05, 4.69) is 24.2 Å². The van der Waals surface area contributed by atoms with Gasteiger partial charge in [-0.05, 0) is 57.8 Å². The van der Waals surface area contributed by atoms with E-state index in [0.717, 1.165) is 19.2 Å². The van der Waals surface area contributed by atoms with Gasteiger partial charge in [0.15, 0.2) is 0 Å². The van der Waals surface area contributed by atoms with Crippen molar-refractivity contribution >= 4 is 0 Å². The van der Waals surface area contributed by atoms with Gasteiger partial charge in [-0.1, -0.05) is 6.07 Å². The minimum atomic E-state index is -0.553. The normalized spacial score (nSPS) is 18.4. The molecule has 3 N–H and O–H groups in total. The predicted octanol–water partition coefficient (Wildman–Crippen LogP) is 2.21. The SMILES string of the molecule is CC(C)(C(Cc1ccc(F)cc1F)NN)N1CCCC1. The van der Waals surface area contributed by atoms with Crippen LogP contribution in [0, 0.1) is 11.6 Å². The Bertz CT molecular complexity index is 456. The molecule has 1 saturated heterocycles. The quantitative estimate of drug-likeness (QED) is 0.643. The minimum absolute atomic E-state index is 0.0967. The number of nitrogens with zero attached hydrogens (tertiary/aromatic N) is 1. The maximum atomic E-state index is 13.8. The second-order valence-electron chi connectivity index (χ2n) is 6.01. The first-order chi connectivity index (χ1) is 9.45. The molecule has 3 nitrogen and oxygen atoms in total. The van der Waals surface area contributed by atoms with Crippen LogP contribution in [0.15, 0.2) is 18.2 Å². The summed E-state index contributed by atoms with van der Waals surface area (Å²) in [5.74, 6) is 4.62. The molecule has 112 valence electrons. The third-order valence-corrected chi connectivity index (χ3v) is 4.41. The third kappa shape index (κ3) is 3.16. The number of rotatable bonds is 5. The third-order valence-electron chi connectivity index (χ3n) is 4.41. The Morgan fingerprint density at radius 1 is 1.30 bits per heavy atom. The van der Waals surface area contributed by atoms with Crippen molar-refractivity contribution in [3.63, 3.8) is 0 Å². The fourth-order valence-corrected chi connectivity index (χ4v) is 2.93. The van der Waals surface area contributed by atoms with Crippen LogP contribution >= 0.6 is 0 Å².